The Morgan fingerprint density at radius 1 is 1.02 bits per heavy atom. The minimum absolute atomic E-state index is 0.0183. The number of rotatable bonds is 5. The number of carbonyl (C=O) groups is 2. The molecule has 2 fully saturated rings. The molecular weight excluding hydrogens is 531 g/mol. The average Bonchev–Trinajstić information content (AvgIpc) is 3.14. The summed E-state index contributed by atoms with van der Waals surface area (Å²) in [5, 5.41) is 9.46. The molecular formula is C32H46F3N3O3. The summed E-state index contributed by atoms with van der Waals surface area (Å²) in [6.45, 7) is 13.2. The van der Waals surface area contributed by atoms with Crippen molar-refractivity contribution in [3.05, 3.63) is 35.4 Å². The van der Waals surface area contributed by atoms with E-state index in [1.165, 1.54) is 0 Å². The largest absolute Gasteiger partial charge is 0.478 e. The van der Waals surface area contributed by atoms with Crippen molar-refractivity contribution < 1.29 is 27.9 Å². The molecule has 0 aromatic heterocycles. The minimum atomic E-state index is -4.32. The number of benzene rings is 1. The Balaban J connectivity index is 1.75. The van der Waals surface area contributed by atoms with Gasteiger partial charge in [0.05, 0.1) is 17.5 Å². The minimum Gasteiger partial charge on any atom is -0.478 e. The molecule has 9 heteroatoms. The zero-order valence-electron chi connectivity index (χ0n) is 25.4. The highest BCUT2D eigenvalue weighted by molar-refractivity contribution is 6.39. The second kappa shape index (κ2) is 11.3. The first-order valence-corrected chi connectivity index (χ1v) is 15.0. The van der Waals surface area contributed by atoms with Gasteiger partial charge in [-0.25, -0.2) is 9.79 Å². The lowest BCUT2D eigenvalue weighted by Gasteiger charge is -2.47. The Labute approximate surface area is 242 Å². The second-order valence-corrected chi connectivity index (χ2v) is 14.6. The number of hydrogen-bond acceptors (Lipinski definition) is 4. The molecule has 4 rings (SSSR count). The Hall–Kier alpha value is -2.58. The number of carboxylic acids is 1. The van der Waals surface area contributed by atoms with E-state index in [0.29, 0.717) is 38.1 Å². The molecule has 2 aliphatic heterocycles. The third-order valence-corrected chi connectivity index (χ3v) is 9.39. The summed E-state index contributed by atoms with van der Waals surface area (Å²) in [5.74, 6) is -2.18. The normalized spacial score (nSPS) is 26.9. The van der Waals surface area contributed by atoms with Gasteiger partial charge in [0.1, 0.15) is 5.66 Å². The zero-order valence-corrected chi connectivity index (χ0v) is 25.4. The van der Waals surface area contributed by atoms with Crippen LogP contribution in [0.3, 0.4) is 0 Å². The first kappa shape index (κ1) is 31.4. The van der Waals surface area contributed by atoms with Gasteiger partial charge in [-0.2, -0.15) is 13.2 Å². The van der Waals surface area contributed by atoms with Crippen molar-refractivity contribution in [3.63, 3.8) is 0 Å². The van der Waals surface area contributed by atoms with Crippen molar-refractivity contribution in [1.29, 1.82) is 0 Å². The van der Waals surface area contributed by atoms with E-state index >= 15 is 0 Å². The van der Waals surface area contributed by atoms with E-state index in [1.54, 1.807) is 29.2 Å². The van der Waals surface area contributed by atoms with Crippen molar-refractivity contribution in [2.24, 2.45) is 27.7 Å². The molecule has 1 unspecified atom stereocenters. The highest BCUT2D eigenvalue weighted by Gasteiger charge is 2.54. The molecule has 228 valence electrons. The smallest absolute Gasteiger partial charge is 0.393 e. The Bertz CT molecular complexity index is 1140. The van der Waals surface area contributed by atoms with Gasteiger partial charge in [-0.15, -0.1) is 0 Å². The van der Waals surface area contributed by atoms with E-state index in [1.807, 2.05) is 4.90 Å². The van der Waals surface area contributed by atoms with Gasteiger partial charge in [-0.1, -0.05) is 53.7 Å². The molecule has 41 heavy (non-hydrogen) atoms. The van der Waals surface area contributed by atoms with Gasteiger partial charge >= 0.3 is 12.1 Å². The quantitative estimate of drug-likeness (QED) is 0.389. The average molecular weight is 578 g/mol. The van der Waals surface area contributed by atoms with Crippen LogP contribution in [0.4, 0.5) is 13.2 Å². The number of carboxylic acid groups (broad SMARTS) is 1. The van der Waals surface area contributed by atoms with Crippen LogP contribution in [0.25, 0.3) is 0 Å². The molecule has 1 aromatic rings. The van der Waals surface area contributed by atoms with Crippen molar-refractivity contribution in [3.8, 4) is 0 Å². The molecule has 1 amide bonds. The number of amidine groups is 1. The van der Waals surface area contributed by atoms with Gasteiger partial charge < -0.3 is 14.9 Å². The van der Waals surface area contributed by atoms with Crippen LogP contribution in [0.5, 0.6) is 0 Å². The number of nitrogens with zero attached hydrogens (tertiary/aromatic N) is 3. The number of likely N-dealkylation sites (tertiary alicyclic amines) is 1. The molecule has 1 saturated carbocycles. The highest BCUT2D eigenvalue weighted by atomic mass is 19.4. The Morgan fingerprint density at radius 3 is 2.15 bits per heavy atom. The lowest BCUT2D eigenvalue weighted by atomic mass is 9.69. The molecule has 2 heterocycles. The SMILES string of the molecule is CC(C)(C)CC[C@H](c1ccc(C(=O)O)cc1)N1C(=O)C(N2CCCC(C(F)(F)F)C2)=NC12CCC(C(C)(C)C)CC2. The van der Waals surface area contributed by atoms with Gasteiger partial charge in [-0.3, -0.25) is 4.79 Å². The van der Waals surface area contributed by atoms with Gasteiger partial charge in [0.2, 0.25) is 0 Å². The van der Waals surface area contributed by atoms with Crippen LogP contribution >= 0.6 is 0 Å². The molecule has 1 saturated heterocycles. The molecule has 3 aliphatic rings. The molecule has 1 aliphatic carbocycles. The van der Waals surface area contributed by atoms with E-state index in [4.69, 9.17) is 4.99 Å². The van der Waals surface area contributed by atoms with E-state index in [9.17, 15) is 27.9 Å². The number of aromatic carboxylic acids is 1. The fourth-order valence-electron chi connectivity index (χ4n) is 6.83. The summed E-state index contributed by atoms with van der Waals surface area (Å²) in [4.78, 5) is 34.5. The summed E-state index contributed by atoms with van der Waals surface area (Å²) in [6.07, 6.45) is 0.605. The summed E-state index contributed by atoms with van der Waals surface area (Å²) in [5.41, 5.74) is 0.253. The van der Waals surface area contributed by atoms with E-state index in [2.05, 4.69) is 41.5 Å². The molecule has 1 aromatic carbocycles. The van der Waals surface area contributed by atoms with Gasteiger partial charge in [0.25, 0.3) is 5.91 Å². The molecule has 6 nitrogen and oxygen atoms in total. The van der Waals surface area contributed by atoms with Gasteiger partial charge in [0, 0.05) is 13.1 Å². The first-order valence-electron chi connectivity index (χ1n) is 15.0. The number of piperidine rings is 1. The number of halogens is 3. The molecule has 0 bridgehead atoms. The van der Waals surface area contributed by atoms with Crippen molar-refractivity contribution in [2.45, 2.75) is 111 Å². The van der Waals surface area contributed by atoms with Gasteiger partial charge in [-0.05, 0) is 85.8 Å². The lowest BCUT2D eigenvalue weighted by Crippen LogP contribution is -2.53. The summed E-state index contributed by atoms with van der Waals surface area (Å²) < 4.78 is 41.2. The molecule has 2 atom stereocenters. The van der Waals surface area contributed by atoms with E-state index < -0.39 is 23.7 Å². The first-order chi connectivity index (χ1) is 18.9. The van der Waals surface area contributed by atoms with E-state index in [0.717, 1.165) is 24.8 Å². The fraction of sp³-hybridized carbons (Fsp3) is 0.719. The third kappa shape index (κ3) is 6.91. The molecule has 0 radical (unpaired) electrons. The van der Waals surface area contributed by atoms with Crippen molar-refractivity contribution in [2.75, 3.05) is 13.1 Å². The topological polar surface area (TPSA) is 73.2 Å². The summed E-state index contributed by atoms with van der Waals surface area (Å²) in [7, 11) is 0. The lowest BCUT2D eigenvalue weighted by molar-refractivity contribution is -0.183. The number of alkyl halides is 3. The van der Waals surface area contributed by atoms with Crippen LogP contribution in [0, 0.1) is 22.7 Å². The summed E-state index contributed by atoms with van der Waals surface area (Å²) >= 11 is 0. The predicted octanol–water partition coefficient (Wildman–Crippen LogP) is 7.70. The van der Waals surface area contributed by atoms with Crippen LogP contribution < -0.4 is 0 Å². The maximum Gasteiger partial charge on any atom is 0.393 e. The van der Waals surface area contributed by atoms with Crippen LogP contribution in [0.15, 0.2) is 29.3 Å². The number of carbonyl (C=O) groups excluding carboxylic acids is 1. The molecule has 1 spiro atoms. The molecule has 1 N–H and O–H groups in total. The summed E-state index contributed by atoms with van der Waals surface area (Å²) in [6, 6.07) is 6.30. The van der Waals surface area contributed by atoms with Crippen LogP contribution in [-0.4, -0.2) is 57.5 Å². The van der Waals surface area contributed by atoms with Crippen molar-refractivity contribution in [1.82, 2.24) is 9.80 Å². The van der Waals surface area contributed by atoms with Gasteiger partial charge in [0.15, 0.2) is 5.84 Å². The third-order valence-electron chi connectivity index (χ3n) is 9.39. The number of aliphatic imine (C=N–C) groups is 1. The maximum atomic E-state index is 14.4. The highest BCUT2D eigenvalue weighted by Crippen LogP contribution is 2.50. The van der Waals surface area contributed by atoms with E-state index in [-0.39, 0.29) is 47.1 Å². The number of hydrogen-bond donors (Lipinski definition) is 1. The van der Waals surface area contributed by atoms with Crippen LogP contribution in [0.2, 0.25) is 0 Å². The maximum absolute atomic E-state index is 14.4. The zero-order chi connectivity index (χ0) is 30.4. The Morgan fingerprint density at radius 2 is 1.63 bits per heavy atom. The van der Waals surface area contributed by atoms with Crippen LogP contribution in [-0.2, 0) is 4.79 Å². The monoisotopic (exact) mass is 577 g/mol. The Kier molecular flexibility index (Phi) is 8.60. The van der Waals surface area contributed by atoms with Crippen LogP contribution in [0.1, 0.15) is 115 Å². The number of amides is 1. The predicted molar refractivity (Wildman–Crippen MR) is 154 cm³/mol. The fourth-order valence-corrected chi connectivity index (χ4v) is 6.83. The van der Waals surface area contributed by atoms with Crippen molar-refractivity contribution >= 4 is 17.7 Å². The second-order valence-electron chi connectivity index (χ2n) is 14.6. The standard InChI is InChI=1S/C32H46F3N3O3/c1-29(2,3)16-15-25(21-9-11-22(12-10-21)28(40)41)38-27(39)26(37-19-7-8-24(20-37)32(33,34)35)36-31(38)17-13-23(14-18-31)30(4,5)6/h9-12,23-25H,7-8,13-20H2,1-6H3,(H,40,41)/t23?,24?,25-,31?/m1/s1.